The molecule has 0 radical (unpaired) electrons. The Hall–Kier alpha value is -3.22. The van der Waals surface area contributed by atoms with Crippen molar-refractivity contribution >= 4 is 35.6 Å². The Morgan fingerprint density at radius 1 is 0.750 bits per heavy atom. The molecule has 0 aromatic heterocycles. The lowest BCUT2D eigenvalue weighted by Gasteiger charge is -2.26. The second-order valence-corrected chi connectivity index (χ2v) is 7.49. The standard InChI is InChI=1S/C19H32N4O9/c1-4-9(2)15(19(31)32)23-18(30)12(6-8-14(26)27)22-17(29)11(5-7-13(24)25)21-16(28)10(3)20/h9-12,15H,4-8,20H2,1-3H3,(H,21,28)(H,22,29)(H,23,30)(H,24,25)(H,26,27)(H,31,32). The van der Waals surface area contributed by atoms with Gasteiger partial charge < -0.3 is 37.0 Å². The predicted octanol–water partition coefficient (Wildman–Crippen LogP) is -1.35. The lowest BCUT2D eigenvalue weighted by molar-refractivity contribution is -0.144. The molecule has 0 aliphatic heterocycles. The Balaban J connectivity index is 5.59. The number of hydrogen-bond donors (Lipinski definition) is 7. The Morgan fingerprint density at radius 3 is 1.50 bits per heavy atom. The summed E-state index contributed by atoms with van der Waals surface area (Å²) >= 11 is 0. The van der Waals surface area contributed by atoms with Crippen LogP contribution in [-0.4, -0.2) is 75.1 Å². The number of nitrogens with two attached hydrogens (primary N) is 1. The number of carbonyl (C=O) groups is 6. The van der Waals surface area contributed by atoms with Gasteiger partial charge in [-0.05, 0) is 25.7 Å². The molecule has 32 heavy (non-hydrogen) atoms. The lowest BCUT2D eigenvalue weighted by atomic mass is 9.98. The molecule has 5 atom stereocenters. The first-order valence-electron chi connectivity index (χ1n) is 10.1. The maximum Gasteiger partial charge on any atom is 0.326 e. The van der Waals surface area contributed by atoms with Gasteiger partial charge in [0, 0.05) is 12.8 Å². The zero-order valence-corrected chi connectivity index (χ0v) is 18.3. The molecule has 0 fully saturated rings. The molecule has 13 heteroatoms. The summed E-state index contributed by atoms with van der Waals surface area (Å²) in [6.07, 6.45) is -1.21. The number of nitrogens with one attached hydrogen (secondary N) is 3. The van der Waals surface area contributed by atoms with E-state index < -0.39 is 78.6 Å². The molecule has 0 saturated carbocycles. The van der Waals surface area contributed by atoms with Crippen molar-refractivity contribution in [1.82, 2.24) is 16.0 Å². The Kier molecular flexibility index (Phi) is 12.6. The monoisotopic (exact) mass is 460 g/mol. The van der Waals surface area contributed by atoms with Gasteiger partial charge in [0.1, 0.15) is 18.1 Å². The van der Waals surface area contributed by atoms with Gasteiger partial charge in [0.05, 0.1) is 6.04 Å². The molecule has 0 bridgehead atoms. The van der Waals surface area contributed by atoms with Gasteiger partial charge in [-0.2, -0.15) is 0 Å². The van der Waals surface area contributed by atoms with Gasteiger partial charge in [0.15, 0.2) is 0 Å². The van der Waals surface area contributed by atoms with Crippen LogP contribution in [0.25, 0.3) is 0 Å². The summed E-state index contributed by atoms with van der Waals surface area (Å²) in [6.45, 7) is 4.69. The Labute approximate surface area is 185 Å². The molecule has 13 nitrogen and oxygen atoms in total. The van der Waals surface area contributed by atoms with Crippen molar-refractivity contribution < 1.29 is 44.1 Å². The van der Waals surface area contributed by atoms with Crippen LogP contribution in [0.5, 0.6) is 0 Å². The van der Waals surface area contributed by atoms with Crippen molar-refractivity contribution in [2.45, 2.75) is 77.0 Å². The van der Waals surface area contributed by atoms with E-state index in [9.17, 15) is 33.9 Å². The summed E-state index contributed by atoms with van der Waals surface area (Å²) < 4.78 is 0. The summed E-state index contributed by atoms with van der Waals surface area (Å²) in [5.41, 5.74) is 5.45. The van der Waals surface area contributed by atoms with Crippen LogP contribution in [-0.2, 0) is 28.8 Å². The van der Waals surface area contributed by atoms with Gasteiger partial charge >= 0.3 is 17.9 Å². The van der Waals surface area contributed by atoms with Crippen LogP contribution >= 0.6 is 0 Å². The summed E-state index contributed by atoms with van der Waals surface area (Å²) in [5.74, 6) is -6.79. The summed E-state index contributed by atoms with van der Waals surface area (Å²) in [4.78, 5) is 70.5. The first-order chi connectivity index (χ1) is 14.8. The fourth-order valence-electron chi connectivity index (χ4n) is 2.59. The number of hydrogen-bond acceptors (Lipinski definition) is 7. The van der Waals surface area contributed by atoms with E-state index in [-0.39, 0.29) is 12.8 Å². The Bertz CT molecular complexity index is 711. The second kappa shape index (κ2) is 14.0. The molecule has 0 spiro atoms. The van der Waals surface area contributed by atoms with Crippen LogP contribution in [0.15, 0.2) is 0 Å². The molecule has 0 aromatic rings. The highest BCUT2D eigenvalue weighted by molar-refractivity contribution is 5.94. The van der Waals surface area contributed by atoms with Crippen molar-refractivity contribution in [3.8, 4) is 0 Å². The zero-order valence-electron chi connectivity index (χ0n) is 18.3. The summed E-state index contributed by atoms with van der Waals surface area (Å²) in [5, 5.41) is 34.0. The van der Waals surface area contributed by atoms with E-state index >= 15 is 0 Å². The minimum absolute atomic E-state index is 0.308. The highest BCUT2D eigenvalue weighted by Gasteiger charge is 2.32. The minimum Gasteiger partial charge on any atom is -0.481 e. The third kappa shape index (κ3) is 10.7. The van der Waals surface area contributed by atoms with E-state index in [0.29, 0.717) is 6.42 Å². The van der Waals surface area contributed by atoms with E-state index in [0.717, 1.165) is 0 Å². The first kappa shape index (κ1) is 28.8. The molecule has 0 aliphatic rings. The highest BCUT2D eigenvalue weighted by Crippen LogP contribution is 2.10. The Morgan fingerprint density at radius 2 is 1.16 bits per heavy atom. The molecule has 0 aliphatic carbocycles. The number of amides is 3. The van der Waals surface area contributed by atoms with Gasteiger partial charge in [-0.1, -0.05) is 20.3 Å². The molecule has 182 valence electrons. The number of carboxylic acid groups (broad SMARTS) is 3. The van der Waals surface area contributed by atoms with Crippen LogP contribution in [0, 0.1) is 5.92 Å². The largest absolute Gasteiger partial charge is 0.481 e. The van der Waals surface area contributed by atoms with Gasteiger partial charge in [-0.15, -0.1) is 0 Å². The van der Waals surface area contributed by atoms with Crippen molar-refractivity contribution in [3.05, 3.63) is 0 Å². The van der Waals surface area contributed by atoms with E-state index in [1.165, 1.54) is 6.92 Å². The fourth-order valence-corrected chi connectivity index (χ4v) is 2.59. The fraction of sp³-hybridized carbons (Fsp3) is 0.684. The molecule has 0 heterocycles. The van der Waals surface area contributed by atoms with Gasteiger partial charge in [-0.3, -0.25) is 24.0 Å². The molecule has 3 amide bonds. The first-order valence-corrected chi connectivity index (χ1v) is 10.1. The van der Waals surface area contributed by atoms with E-state index in [1.807, 2.05) is 0 Å². The molecule has 0 rings (SSSR count). The van der Waals surface area contributed by atoms with Gasteiger partial charge in [0.25, 0.3) is 0 Å². The van der Waals surface area contributed by atoms with Crippen LogP contribution in [0.4, 0.5) is 0 Å². The molecular weight excluding hydrogens is 428 g/mol. The van der Waals surface area contributed by atoms with Crippen LogP contribution < -0.4 is 21.7 Å². The number of aliphatic carboxylic acids is 3. The van der Waals surface area contributed by atoms with Crippen molar-refractivity contribution in [1.29, 1.82) is 0 Å². The van der Waals surface area contributed by atoms with E-state index in [4.69, 9.17) is 15.9 Å². The van der Waals surface area contributed by atoms with Gasteiger partial charge in [-0.25, -0.2) is 4.79 Å². The predicted molar refractivity (Wildman–Crippen MR) is 110 cm³/mol. The third-order valence-electron chi connectivity index (χ3n) is 4.75. The quantitative estimate of drug-likeness (QED) is 0.152. The lowest BCUT2D eigenvalue weighted by Crippen LogP contribution is -2.57. The molecule has 5 unspecified atom stereocenters. The van der Waals surface area contributed by atoms with Crippen molar-refractivity contribution in [2.75, 3.05) is 0 Å². The maximum absolute atomic E-state index is 12.7. The number of carboxylic acids is 3. The number of carbonyl (C=O) groups excluding carboxylic acids is 3. The number of rotatable bonds is 15. The average molecular weight is 460 g/mol. The SMILES string of the molecule is CCC(C)C(NC(=O)C(CCC(=O)O)NC(=O)C(CCC(=O)O)NC(=O)C(C)N)C(=O)O. The second-order valence-electron chi connectivity index (χ2n) is 7.49. The van der Waals surface area contributed by atoms with E-state index in [1.54, 1.807) is 13.8 Å². The van der Waals surface area contributed by atoms with E-state index in [2.05, 4.69) is 16.0 Å². The zero-order chi connectivity index (χ0) is 25.0. The van der Waals surface area contributed by atoms with Crippen LogP contribution in [0.1, 0.15) is 52.9 Å². The molecule has 0 aromatic carbocycles. The normalized spacial score (nSPS) is 15.4. The highest BCUT2D eigenvalue weighted by atomic mass is 16.4. The van der Waals surface area contributed by atoms with Crippen molar-refractivity contribution in [3.63, 3.8) is 0 Å². The third-order valence-corrected chi connectivity index (χ3v) is 4.75. The van der Waals surface area contributed by atoms with Crippen LogP contribution in [0.3, 0.4) is 0 Å². The topological polar surface area (TPSA) is 225 Å². The summed E-state index contributed by atoms with van der Waals surface area (Å²) in [6, 6.07) is -5.04. The minimum atomic E-state index is -1.43. The maximum atomic E-state index is 12.7. The summed E-state index contributed by atoms with van der Waals surface area (Å²) in [7, 11) is 0. The molecule has 0 saturated heterocycles. The smallest absolute Gasteiger partial charge is 0.326 e. The van der Waals surface area contributed by atoms with Crippen LogP contribution in [0.2, 0.25) is 0 Å². The van der Waals surface area contributed by atoms with Crippen molar-refractivity contribution in [2.24, 2.45) is 11.7 Å². The molecule has 8 N–H and O–H groups in total. The molecular formula is C19H32N4O9. The average Bonchev–Trinajstić information content (AvgIpc) is 2.70. The van der Waals surface area contributed by atoms with Gasteiger partial charge in [0.2, 0.25) is 17.7 Å².